The lowest BCUT2D eigenvalue weighted by molar-refractivity contribution is 0.0482. The van der Waals surface area contributed by atoms with Gasteiger partial charge in [-0.15, -0.1) is 0 Å². The van der Waals surface area contributed by atoms with Crippen LogP contribution in [0.15, 0.2) is 0 Å². The standard InChI is InChI=1S/C10H21O2Si2/c13-12-14-11-7-10(8-3-1-4-8)9-5-2-6-9/h8-10,14H,1-7H2,13H3. The van der Waals surface area contributed by atoms with Crippen molar-refractivity contribution in [2.75, 3.05) is 6.61 Å². The van der Waals surface area contributed by atoms with Gasteiger partial charge in [0.25, 0.3) is 0 Å². The molecule has 2 aliphatic rings. The van der Waals surface area contributed by atoms with Gasteiger partial charge in [0.15, 0.2) is 0 Å². The molecule has 1 radical (unpaired) electrons. The third kappa shape index (κ3) is 2.48. The molecule has 0 heterocycles. The smallest absolute Gasteiger partial charge is 0.353 e. The monoisotopic (exact) mass is 229 g/mol. The lowest BCUT2D eigenvalue weighted by Gasteiger charge is -2.42. The van der Waals surface area contributed by atoms with E-state index in [-0.39, 0.29) is 10.0 Å². The van der Waals surface area contributed by atoms with Crippen molar-refractivity contribution in [2.24, 2.45) is 17.8 Å². The molecule has 4 heteroatoms. The van der Waals surface area contributed by atoms with Gasteiger partial charge < -0.3 is 8.54 Å². The van der Waals surface area contributed by atoms with E-state index in [1.807, 2.05) is 0 Å². The first kappa shape index (κ1) is 10.9. The lowest BCUT2D eigenvalue weighted by Crippen LogP contribution is -2.35. The summed E-state index contributed by atoms with van der Waals surface area (Å²) in [6, 6.07) is 0. The maximum absolute atomic E-state index is 5.65. The highest BCUT2D eigenvalue weighted by Gasteiger charge is 2.35. The summed E-state index contributed by atoms with van der Waals surface area (Å²) >= 11 is 0. The molecule has 0 aromatic heterocycles. The second-order valence-electron chi connectivity index (χ2n) is 4.71. The van der Waals surface area contributed by atoms with E-state index in [4.69, 9.17) is 8.54 Å². The average Bonchev–Trinajstić information content (AvgIpc) is 1.98. The SMILES string of the molecule is [SiH3]O[SiH]OCC(C1CCC1)C1CCC1. The van der Waals surface area contributed by atoms with Crippen molar-refractivity contribution in [3.05, 3.63) is 0 Å². The minimum absolute atomic E-state index is 0.142. The molecule has 81 valence electrons. The van der Waals surface area contributed by atoms with Crippen LogP contribution in [0.3, 0.4) is 0 Å². The van der Waals surface area contributed by atoms with Crippen LogP contribution in [0, 0.1) is 17.8 Å². The molecular formula is C10H21O2Si2. The van der Waals surface area contributed by atoms with Crippen LogP contribution in [0.1, 0.15) is 38.5 Å². The fourth-order valence-electron chi connectivity index (χ4n) is 2.61. The fraction of sp³-hybridized carbons (Fsp3) is 1.00. The molecule has 2 nitrogen and oxygen atoms in total. The van der Waals surface area contributed by atoms with E-state index < -0.39 is 0 Å². The largest absolute Gasteiger partial charge is 0.446 e. The van der Waals surface area contributed by atoms with Gasteiger partial charge in [-0.25, -0.2) is 0 Å². The van der Waals surface area contributed by atoms with Crippen molar-refractivity contribution in [3.63, 3.8) is 0 Å². The Bertz CT molecular complexity index is 156. The van der Waals surface area contributed by atoms with E-state index in [9.17, 15) is 0 Å². The molecular weight excluding hydrogens is 208 g/mol. The zero-order chi connectivity index (χ0) is 9.80. The van der Waals surface area contributed by atoms with Crippen LogP contribution in [-0.2, 0) is 8.54 Å². The Morgan fingerprint density at radius 3 is 2.07 bits per heavy atom. The van der Waals surface area contributed by atoms with Gasteiger partial charge in [-0.2, -0.15) is 0 Å². The molecule has 0 aromatic carbocycles. The predicted molar refractivity (Wildman–Crippen MR) is 62.3 cm³/mol. The maximum atomic E-state index is 5.65. The average molecular weight is 229 g/mol. The van der Waals surface area contributed by atoms with E-state index >= 15 is 0 Å². The van der Waals surface area contributed by atoms with Gasteiger partial charge in [0.05, 0.1) is 0 Å². The number of hydrogen-bond acceptors (Lipinski definition) is 2. The van der Waals surface area contributed by atoms with Gasteiger partial charge in [-0.1, -0.05) is 38.5 Å². The quantitative estimate of drug-likeness (QED) is 0.495. The lowest BCUT2D eigenvalue weighted by atomic mass is 9.65. The van der Waals surface area contributed by atoms with Crippen LogP contribution in [-0.4, -0.2) is 27.1 Å². The van der Waals surface area contributed by atoms with E-state index in [2.05, 4.69) is 0 Å². The summed E-state index contributed by atoms with van der Waals surface area (Å²) in [7, 11) is 0.691. The Morgan fingerprint density at radius 2 is 1.71 bits per heavy atom. The van der Waals surface area contributed by atoms with Crippen LogP contribution >= 0.6 is 0 Å². The van der Waals surface area contributed by atoms with Gasteiger partial charge in [-0.3, -0.25) is 0 Å². The number of rotatable bonds is 6. The van der Waals surface area contributed by atoms with Gasteiger partial charge >= 0.3 is 10.0 Å². The molecule has 0 aromatic rings. The molecule has 0 unspecified atom stereocenters. The van der Waals surface area contributed by atoms with Gasteiger partial charge in [0.1, 0.15) is 10.5 Å². The summed E-state index contributed by atoms with van der Waals surface area (Å²) in [6.07, 6.45) is 8.75. The van der Waals surface area contributed by atoms with Crippen LogP contribution in [0.25, 0.3) is 0 Å². The molecule has 14 heavy (non-hydrogen) atoms. The molecule has 0 amide bonds. The van der Waals surface area contributed by atoms with E-state index in [1.54, 1.807) is 0 Å². The van der Waals surface area contributed by atoms with Crippen LogP contribution in [0.5, 0.6) is 0 Å². The maximum Gasteiger partial charge on any atom is 0.353 e. The van der Waals surface area contributed by atoms with Gasteiger partial charge in [0.2, 0.25) is 0 Å². The number of hydrogen-bond donors (Lipinski definition) is 0. The van der Waals surface area contributed by atoms with E-state index in [0.717, 1.165) is 34.8 Å². The summed E-state index contributed by atoms with van der Waals surface area (Å²) in [5.74, 6) is 2.87. The normalized spacial score (nSPS) is 23.8. The van der Waals surface area contributed by atoms with E-state index in [0.29, 0.717) is 0 Å². The van der Waals surface area contributed by atoms with Crippen LogP contribution in [0.2, 0.25) is 0 Å². The molecule has 0 spiro atoms. The molecule has 0 N–H and O–H groups in total. The van der Waals surface area contributed by atoms with E-state index in [1.165, 1.54) is 38.5 Å². The Hall–Kier alpha value is 0.354. The molecule has 0 bridgehead atoms. The Labute approximate surface area is 92.4 Å². The Kier molecular flexibility index (Phi) is 4.22. The molecule has 0 atom stereocenters. The minimum Gasteiger partial charge on any atom is -0.446 e. The summed E-state index contributed by atoms with van der Waals surface area (Å²) in [5, 5.41) is 0. The minimum atomic E-state index is -0.142. The molecule has 2 fully saturated rings. The van der Waals surface area contributed by atoms with Crippen LogP contribution in [0.4, 0.5) is 0 Å². The zero-order valence-electron chi connectivity index (χ0n) is 9.08. The fourth-order valence-corrected chi connectivity index (χ4v) is 3.46. The first-order valence-corrected chi connectivity index (χ1v) is 7.64. The molecule has 0 aliphatic heterocycles. The summed E-state index contributed by atoms with van der Waals surface area (Å²) in [6.45, 7) is 0.993. The Morgan fingerprint density at radius 1 is 1.14 bits per heavy atom. The molecule has 0 saturated heterocycles. The molecule has 2 rings (SSSR count). The van der Waals surface area contributed by atoms with Crippen LogP contribution < -0.4 is 0 Å². The molecule has 2 aliphatic carbocycles. The second-order valence-corrected chi connectivity index (χ2v) is 7.12. The summed E-state index contributed by atoms with van der Waals surface area (Å²) < 4.78 is 10.8. The first-order valence-electron chi connectivity index (χ1n) is 5.88. The van der Waals surface area contributed by atoms with Crippen molar-refractivity contribution in [1.82, 2.24) is 0 Å². The highest BCUT2D eigenvalue weighted by atomic mass is 28.3. The van der Waals surface area contributed by atoms with Crippen molar-refractivity contribution < 1.29 is 8.54 Å². The third-order valence-electron chi connectivity index (χ3n) is 3.96. The third-order valence-corrected chi connectivity index (χ3v) is 5.06. The van der Waals surface area contributed by atoms with Crippen molar-refractivity contribution in [2.45, 2.75) is 38.5 Å². The predicted octanol–water partition coefficient (Wildman–Crippen LogP) is 0.783. The topological polar surface area (TPSA) is 18.5 Å². The second kappa shape index (κ2) is 5.44. The highest BCUT2D eigenvalue weighted by Crippen LogP contribution is 2.44. The van der Waals surface area contributed by atoms with Crippen molar-refractivity contribution >= 4 is 20.5 Å². The van der Waals surface area contributed by atoms with Crippen molar-refractivity contribution in [3.8, 4) is 0 Å². The highest BCUT2D eigenvalue weighted by molar-refractivity contribution is 6.27. The summed E-state index contributed by atoms with van der Waals surface area (Å²) in [4.78, 5) is 0. The molecule has 2 saturated carbocycles. The zero-order valence-corrected chi connectivity index (χ0v) is 12.2. The van der Waals surface area contributed by atoms with Gasteiger partial charge in [0, 0.05) is 6.61 Å². The van der Waals surface area contributed by atoms with Gasteiger partial charge in [-0.05, 0) is 17.8 Å². The Balaban J connectivity index is 1.73. The van der Waals surface area contributed by atoms with Crippen molar-refractivity contribution in [1.29, 1.82) is 0 Å². The first-order chi connectivity index (χ1) is 6.92. The summed E-state index contributed by atoms with van der Waals surface area (Å²) in [5.41, 5.74) is 0.